The number of hydrogen-bond donors (Lipinski definition) is 2. The van der Waals surface area contributed by atoms with Gasteiger partial charge in [-0.3, -0.25) is 0 Å². The Hall–Kier alpha value is -0.870. The number of aryl methyl sites for hydroxylation is 1. The van der Waals surface area contributed by atoms with Gasteiger partial charge in [0.05, 0.1) is 0 Å². The summed E-state index contributed by atoms with van der Waals surface area (Å²) in [5, 5.41) is 13.7. The average molecular weight is 239 g/mol. The predicted molar refractivity (Wildman–Crippen MR) is 69.8 cm³/mol. The smallest absolute Gasteiger partial charge is 0.141 e. The number of aliphatic hydroxyl groups is 1. The van der Waals surface area contributed by atoms with Crippen molar-refractivity contribution in [3.8, 4) is 0 Å². The Morgan fingerprint density at radius 3 is 2.82 bits per heavy atom. The third-order valence-corrected chi connectivity index (χ3v) is 2.68. The van der Waals surface area contributed by atoms with Crippen LogP contribution in [0.2, 0.25) is 0 Å². The molecule has 1 atom stereocenters. The van der Waals surface area contributed by atoms with Crippen LogP contribution in [0.4, 0.5) is 0 Å². The van der Waals surface area contributed by atoms with Gasteiger partial charge in [-0.05, 0) is 25.8 Å². The van der Waals surface area contributed by atoms with Crippen LogP contribution in [0.25, 0.3) is 0 Å². The number of imidazole rings is 1. The van der Waals surface area contributed by atoms with E-state index in [2.05, 4.69) is 31.1 Å². The average Bonchev–Trinajstić information content (AvgIpc) is 2.66. The van der Waals surface area contributed by atoms with Crippen LogP contribution in [0, 0.1) is 5.92 Å². The van der Waals surface area contributed by atoms with Crippen LogP contribution in [0.3, 0.4) is 0 Å². The van der Waals surface area contributed by atoms with Crippen molar-refractivity contribution >= 4 is 0 Å². The van der Waals surface area contributed by atoms with Crippen molar-refractivity contribution < 1.29 is 5.11 Å². The molecule has 1 aromatic rings. The maximum atomic E-state index is 10.4. The summed E-state index contributed by atoms with van der Waals surface area (Å²) < 4.78 is 2.02. The highest BCUT2D eigenvalue weighted by molar-refractivity contribution is 5.04. The minimum absolute atomic E-state index is 0.534. The van der Waals surface area contributed by atoms with Crippen LogP contribution in [0.5, 0.6) is 0 Å². The van der Waals surface area contributed by atoms with Crippen LogP contribution < -0.4 is 5.32 Å². The number of hydrogen-bond acceptors (Lipinski definition) is 3. The molecule has 0 amide bonds. The van der Waals surface area contributed by atoms with Gasteiger partial charge in [0, 0.05) is 25.5 Å². The van der Waals surface area contributed by atoms with Gasteiger partial charge in [-0.1, -0.05) is 20.8 Å². The molecule has 4 heteroatoms. The molecule has 0 saturated heterocycles. The van der Waals surface area contributed by atoms with Crippen LogP contribution in [0.15, 0.2) is 12.4 Å². The van der Waals surface area contributed by atoms with Crippen molar-refractivity contribution in [1.29, 1.82) is 0 Å². The van der Waals surface area contributed by atoms with Crippen LogP contribution >= 0.6 is 0 Å². The molecule has 0 radical (unpaired) electrons. The van der Waals surface area contributed by atoms with Gasteiger partial charge in [-0.15, -0.1) is 0 Å². The molecule has 1 rings (SSSR count). The lowest BCUT2D eigenvalue weighted by molar-refractivity contribution is 0.0434. The fourth-order valence-electron chi connectivity index (χ4n) is 1.88. The van der Waals surface area contributed by atoms with Crippen LogP contribution in [0.1, 0.15) is 39.9 Å². The second kappa shape index (κ2) is 6.17. The van der Waals surface area contributed by atoms with Gasteiger partial charge in [-0.2, -0.15) is 0 Å². The van der Waals surface area contributed by atoms with Crippen molar-refractivity contribution in [1.82, 2.24) is 14.9 Å². The topological polar surface area (TPSA) is 50.1 Å². The molecule has 2 N–H and O–H groups in total. The zero-order valence-corrected chi connectivity index (χ0v) is 11.4. The Balaban J connectivity index is 2.64. The summed E-state index contributed by atoms with van der Waals surface area (Å²) in [6.07, 6.45) is 4.72. The molecule has 98 valence electrons. The SMILES string of the molecule is CCCn1ccnc1C(C)(O)CNCC(C)C. The van der Waals surface area contributed by atoms with Crippen molar-refractivity contribution in [2.45, 2.75) is 46.3 Å². The summed E-state index contributed by atoms with van der Waals surface area (Å²) in [4.78, 5) is 4.28. The molecule has 0 saturated carbocycles. The van der Waals surface area contributed by atoms with Crippen molar-refractivity contribution in [2.75, 3.05) is 13.1 Å². The standard InChI is InChI=1S/C13H25N3O/c1-5-7-16-8-6-15-12(16)13(4,17)10-14-9-11(2)3/h6,8,11,14,17H,5,7,9-10H2,1-4H3. The highest BCUT2D eigenvalue weighted by atomic mass is 16.3. The summed E-state index contributed by atoms with van der Waals surface area (Å²) in [5.41, 5.74) is -0.909. The zero-order valence-electron chi connectivity index (χ0n) is 11.4. The first-order chi connectivity index (χ1) is 7.97. The first-order valence-electron chi connectivity index (χ1n) is 6.42. The second-order valence-electron chi connectivity index (χ2n) is 5.24. The number of nitrogens with zero attached hydrogens (tertiary/aromatic N) is 2. The number of rotatable bonds is 7. The fourth-order valence-corrected chi connectivity index (χ4v) is 1.88. The number of aromatic nitrogens is 2. The van der Waals surface area contributed by atoms with Gasteiger partial charge in [0.15, 0.2) is 0 Å². The maximum Gasteiger partial charge on any atom is 0.141 e. The van der Waals surface area contributed by atoms with Crippen molar-refractivity contribution in [3.05, 3.63) is 18.2 Å². The molecular weight excluding hydrogens is 214 g/mol. The Bertz CT molecular complexity index is 331. The molecule has 0 aromatic carbocycles. The van der Waals surface area contributed by atoms with Gasteiger partial charge >= 0.3 is 0 Å². The molecule has 0 fully saturated rings. The minimum atomic E-state index is -0.909. The Morgan fingerprint density at radius 1 is 1.53 bits per heavy atom. The molecule has 17 heavy (non-hydrogen) atoms. The highest BCUT2D eigenvalue weighted by Gasteiger charge is 2.27. The van der Waals surface area contributed by atoms with E-state index in [0.717, 1.165) is 25.3 Å². The van der Waals surface area contributed by atoms with E-state index in [-0.39, 0.29) is 0 Å². The maximum absolute atomic E-state index is 10.4. The summed E-state index contributed by atoms with van der Waals surface area (Å²) in [7, 11) is 0. The van der Waals surface area contributed by atoms with Crippen molar-refractivity contribution in [2.24, 2.45) is 5.92 Å². The third-order valence-electron chi connectivity index (χ3n) is 2.68. The molecule has 0 aliphatic heterocycles. The quantitative estimate of drug-likeness (QED) is 0.762. The van der Waals surface area contributed by atoms with Crippen molar-refractivity contribution in [3.63, 3.8) is 0 Å². The molecule has 0 aliphatic carbocycles. The van der Waals surface area contributed by atoms with Gasteiger partial charge < -0.3 is 15.0 Å². The Kier molecular flexibility index (Phi) is 5.15. The molecular formula is C13H25N3O. The van der Waals surface area contributed by atoms with E-state index >= 15 is 0 Å². The summed E-state index contributed by atoms with van der Waals surface area (Å²) in [5.74, 6) is 1.33. The predicted octanol–water partition coefficient (Wildman–Crippen LogP) is 1.75. The summed E-state index contributed by atoms with van der Waals surface area (Å²) in [6.45, 7) is 10.6. The lowest BCUT2D eigenvalue weighted by Gasteiger charge is -2.24. The van der Waals surface area contributed by atoms with E-state index in [0.29, 0.717) is 12.5 Å². The summed E-state index contributed by atoms with van der Waals surface area (Å²) in [6, 6.07) is 0. The Morgan fingerprint density at radius 2 is 2.24 bits per heavy atom. The third kappa shape index (κ3) is 4.13. The van der Waals surface area contributed by atoms with E-state index in [9.17, 15) is 5.11 Å². The summed E-state index contributed by atoms with van der Waals surface area (Å²) >= 11 is 0. The van der Waals surface area contributed by atoms with Crippen LogP contribution in [-0.4, -0.2) is 27.7 Å². The van der Waals surface area contributed by atoms with Gasteiger partial charge in [0.25, 0.3) is 0 Å². The molecule has 1 unspecified atom stereocenters. The minimum Gasteiger partial charge on any atom is -0.381 e. The number of nitrogens with one attached hydrogen (secondary N) is 1. The largest absolute Gasteiger partial charge is 0.381 e. The van der Waals surface area contributed by atoms with E-state index in [4.69, 9.17) is 0 Å². The van der Waals surface area contributed by atoms with Gasteiger partial charge in [0.2, 0.25) is 0 Å². The van der Waals surface area contributed by atoms with Crippen LogP contribution in [-0.2, 0) is 12.1 Å². The molecule has 0 spiro atoms. The molecule has 1 heterocycles. The molecule has 1 aromatic heterocycles. The van der Waals surface area contributed by atoms with Gasteiger partial charge in [-0.25, -0.2) is 4.98 Å². The fraction of sp³-hybridized carbons (Fsp3) is 0.769. The van der Waals surface area contributed by atoms with E-state index in [1.54, 1.807) is 6.20 Å². The van der Waals surface area contributed by atoms with E-state index in [1.165, 1.54) is 0 Å². The monoisotopic (exact) mass is 239 g/mol. The molecule has 0 aliphatic rings. The highest BCUT2D eigenvalue weighted by Crippen LogP contribution is 2.18. The molecule has 4 nitrogen and oxygen atoms in total. The Labute approximate surface area is 104 Å². The van der Waals surface area contributed by atoms with E-state index < -0.39 is 5.60 Å². The normalized spacial score (nSPS) is 15.2. The lowest BCUT2D eigenvalue weighted by atomic mass is 10.1. The zero-order chi connectivity index (χ0) is 12.9. The first-order valence-corrected chi connectivity index (χ1v) is 6.42. The lowest BCUT2D eigenvalue weighted by Crippen LogP contribution is -2.39. The first kappa shape index (κ1) is 14.2. The molecule has 0 bridgehead atoms. The van der Waals surface area contributed by atoms with E-state index in [1.807, 2.05) is 17.7 Å². The second-order valence-corrected chi connectivity index (χ2v) is 5.24. The van der Waals surface area contributed by atoms with Gasteiger partial charge in [0.1, 0.15) is 11.4 Å².